The maximum Gasteiger partial charge on any atom is 0.197 e. The lowest BCUT2D eigenvalue weighted by molar-refractivity contribution is 0.868. The first-order valence-corrected chi connectivity index (χ1v) is 4.29. The van der Waals surface area contributed by atoms with Gasteiger partial charge in [-0.25, -0.2) is 0 Å². The summed E-state index contributed by atoms with van der Waals surface area (Å²) in [4.78, 5) is 11.1. The van der Waals surface area contributed by atoms with E-state index in [0.29, 0.717) is 5.92 Å². The SMILES string of the molecule is CC(C)c1ccc(Cl)c(=O)cc1. The van der Waals surface area contributed by atoms with E-state index < -0.39 is 0 Å². The van der Waals surface area contributed by atoms with E-state index in [4.69, 9.17) is 11.6 Å². The van der Waals surface area contributed by atoms with Crippen LogP contribution in [-0.2, 0) is 0 Å². The van der Waals surface area contributed by atoms with E-state index in [-0.39, 0.29) is 10.5 Å². The maximum atomic E-state index is 11.1. The third-order valence-electron chi connectivity index (χ3n) is 1.75. The molecule has 1 rings (SSSR count). The van der Waals surface area contributed by atoms with Gasteiger partial charge in [0.2, 0.25) is 0 Å². The van der Waals surface area contributed by atoms with E-state index in [9.17, 15) is 4.79 Å². The molecule has 0 aromatic heterocycles. The van der Waals surface area contributed by atoms with Gasteiger partial charge in [-0.3, -0.25) is 4.79 Å². The minimum atomic E-state index is -0.122. The van der Waals surface area contributed by atoms with Crippen molar-refractivity contribution < 1.29 is 0 Å². The predicted octanol–water partition coefficient (Wildman–Crippen LogP) is 2.82. The van der Waals surface area contributed by atoms with E-state index in [1.807, 2.05) is 12.1 Å². The molecule has 0 amide bonds. The molecule has 0 unspecified atom stereocenters. The highest BCUT2D eigenvalue weighted by molar-refractivity contribution is 6.30. The van der Waals surface area contributed by atoms with Gasteiger partial charge in [-0.1, -0.05) is 37.6 Å². The largest absolute Gasteiger partial charge is 0.288 e. The lowest BCUT2D eigenvalue weighted by Gasteiger charge is -1.99. The van der Waals surface area contributed by atoms with Crippen molar-refractivity contribution in [3.05, 3.63) is 45.1 Å². The van der Waals surface area contributed by atoms with Crippen LogP contribution in [0.4, 0.5) is 0 Å². The van der Waals surface area contributed by atoms with Crippen molar-refractivity contribution in [2.75, 3.05) is 0 Å². The van der Waals surface area contributed by atoms with Crippen LogP contribution in [0.15, 0.2) is 29.1 Å². The third-order valence-corrected chi connectivity index (χ3v) is 2.06. The molecular formula is C10H11ClO. The van der Waals surface area contributed by atoms with Crippen LogP contribution in [-0.4, -0.2) is 0 Å². The van der Waals surface area contributed by atoms with Gasteiger partial charge in [0.1, 0.15) is 0 Å². The van der Waals surface area contributed by atoms with Gasteiger partial charge >= 0.3 is 0 Å². The summed E-state index contributed by atoms with van der Waals surface area (Å²) < 4.78 is 0. The van der Waals surface area contributed by atoms with Crippen molar-refractivity contribution in [2.24, 2.45) is 0 Å². The summed E-state index contributed by atoms with van der Waals surface area (Å²) >= 11 is 5.66. The summed E-state index contributed by atoms with van der Waals surface area (Å²) in [6.45, 7) is 4.15. The molecule has 0 saturated heterocycles. The maximum absolute atomic E-state index is 11.1. The van der Waals surface area contributed by atoms with Crippen LogP contribution in [0.5, 0.6) is 0 Å². The molecule has 0 aliphatic heterocycles. The van der Waals surface area contributed by atoms with Gasteiger partial charge in [0.25, 0.3) is 0 Å². The van der Waals surface area contributed by atoms with Crippen LogP contribution in [0.2, 0.25) is 5.02 Å². The highest BCUT2D eigenvalue weighted by atomic mass is 35.5. The van der Waals surface area contributed by atoms with Gasteiger partial charge in [0.15, 0.2) is 5.43 Å². The second-order valence-electron chi connectivity index (χ2n) is 3.03. The lowest BCUT2D eigenvalue weighted by Crippen LogP contribution is -1.92. The monoisotopic (exact) mass is 182 g/mol. The van der Waals surface area contributed by atoms with Crippen LogP contribution < -0.4 is 5.43 Å². The topological polar surface area (TPSA) is 17.1 Å². The molecule has 0 bridgehead atoms. The van der Waals surface area contributed by atoms with Gasteiger partial charge in [-0.15, -0.1) is 0 Å². The van der Waals surface area contributed by atoms with Crippen LogP contribution in [0.3, 0.4) is 0 Å². The summed E-state index contributed by atoms with van der Waals surface area (Å²) in [6.07, 6.45) is 0. The van der Waals surface area contributed by atoms with E-state index in [0.717, 1.165) is 5.56 Å². The van der Waals surface area contributed by atoms with Crippen molar-refractivity contribution in [2.45, 2.75) is 19.8 Å². The predicted molar refractivity (Wildman–Crippen MR) is 51.8 cm³/mol. The molecule has 0 spiro atoms. The number of hydrogen-bond donors (Lipinski definition) is 0. The standard InChI is InChI=1S/C10H11ClO/c1-7(2)8-3-5-9(11)10(12)6-4-8/h3-7H,1-2H3. The molecule has 0 saturated carbocycles. The zero-order chi connectivity index (χ0) is 9.14. The fraction of sp³-hybridized carbons (Fsp3) is 0.300. The van der Waals surface area contributed by atoms with Crippen LogP contribution in [0.1, 0.15) is 25.3 Å². The summed E-state index contributed by atoms with van der Waals surface area (Å²) in [5, 5.41) is 0.280. The molecule has 2 heteroatoms. The second kappa shape index (κ2) is 3.72. The van der Waals surface area contributed by atoms with E-state index in [1.54, 1.807) is 6.07 Å². The summed E-state index contributed by atoms with van der Waals surface area (Å²) in [5.74, 6) is 0.424. The zero-order valence-corrected chi connectivity index (χ0v) is 7.93. The van der Waals surface area contributed by atoms with E-state index in [1.165, 1.54) is 6.07 Å². The van der Waals surface area contributed by atoms with Crippen molar-refractivity contribution >= 4 is 11.6 Å². The molecule has 0 fully saturated rings. The molecule has 0 atom stereocenters. The van der Waals surface area contributed by atoms with Crippen molar-refractivity contribution in [3.63, 3.8) is 0 Å². The molecule has 0 radical (unpaired) electrons. The molecule has 1 nitrogen and oxygen atoms in total. The van der Waals surface area contributed by atoms with Gasteiger partial charge < -0.3 is 0 Å². The average molecular weight is 183 g/mol. The third kappa shape index (κ3) is 2.08. The molecular weight excluding hydrogens is 172 g/mol. The minimum Gasteiger partial charge on any atom is -0.288 e. The fourth-order valence-corrected chi connectivity index (χ4v) is 1.07. The first-order valence-electron chi connectivity index (χ1n) is 3.91. The Labute approximate surface area is 77.0 Å². The first kappa shape index (κ1) is 9.27. The molecule has 0 aliphatic rings. The molecule has 0 heterocycles. The van der Waals surface area contributed by atoms with Crippen molar-refractivity contribution in [1.82, 2.24) is 0 Å². The Hall–Kier alpha value is -0.820. The Bertz CT molecular complexity index is 331. The van der Waals surface area contributed by atoms with E-state index >= 15 is 0 Å². The minimum absolute atomic E-state index is 0.122. The summed E-state index contributed by atoms with van der Waals surface area (Å²) in [5.41, 5.74) is 1.00. The zero-order valence-electron chi connectivity index (χ0n) is 7.17. The first-order chi connectivity index (χ1) is 5.61. The Morgan fingerprint density at radius 1 is 1.17 bits per heavy atom. The van der Waals surface area contributed by atoms with Gasteiger partial charge in [-0.05, 0) is 23.6 Å². The van der Waals surface area contributed by atoms with Crippen molar-refractivity contribution in [3.8, 4) is 0 Å². The Morgan fingerprint density at radius 3 is 2.33 bits per heavy atom. The number of halogens is 1. The quantitative estimate of drug-likeness (QED) is 0.653. The summed E-state index contributed by atoms with van der Waals surface area (Å²) in [7, 11) is 0. The number of hydrogen-bond acceptors (Lipinski definition) is 1. The number of rotatable bonds is 1. The second-order valence-corrected chi connectivity index (χ2v) is 3.44. The molecule has 12 heavy (non-hydrogen) atoms. The van der Waals surface area contributed by atoms with Crippen LogP contribution in [0, 0.1) is 0 Å². The lowest BCUT2D eigenvalue weighted by atomic mass is 10.1. The fourth-order valence-electron chi connectivity index (χ4n) is 0.943. The molecule has 0 N–H and O–H groups in total. The highest BCUT2D eigenvalue weighted by Gasteiger charge is 1.97. The molecule has 64 valence electrons. The van der Waals surface area contributed by atoms with Crippen LogP contribution in [0.25, 0.3) is 0 Å². The smallest absolute Gasteiger partial charge is 0.197 e. The van der Waals surface area contributed by atoms with Crippen molar-refractivity contribution in [1.29, 1.82) is 0 Å². The molecule has 1 aromatic carbocycles. The highest BCUT2D eigenvalue weighted by Crippen LogP contribution is 2.12. The van der Waals surface area contributed by atoms with Gasteiger partial charge in [0.05, 0.1) is 5.02 Å². The van der Waals surface area contributed by atoms with E-state index in [2.05, 4.69) is 13.8 Å². The summed E-state index contributed by atoms with van der Waals surface area (Å²) in [6, 6.07) is 6.87. The normalized spacial score (nSPS) is 10.3. The average Bonchev–Trinajstić information content (AvgIpc) is 2.16. The Balaban J connectivity index is 3.26. The molecule has 0 aliphatic carbocycles. The molecule has 1 aromatic rings. The Morgan fingerprint density at radius 2 is 1.75 bits per heavy atom. The van der Waals surface area contributed by atoms with Gasteiger partial charge in [-0.2, -0.15) is 0 Å². The van der Waals surface area contributed by atoms with Crippen LogP contribution >= 0.6 is 11.6 Å². The Kier molecular flexibility index (Phi) is 2.88. The van der Waals surface area contributed by atoms with Gasteiger partial charge in [0, 0.05) is 0 Å².